The van der Waals surface area contributed by atoms with Crippen LogP contribution in [0.25, 0.3) is 10.9 Å². The maximum atomic E-state index is 12.4. The molecule has 0 bridgehead atoms. The molecule has 0 unspecified atom stereocenters. The number of amides is 2. The standard InChI is InChI=1S/C23H26N4O5/c1-31-19-8-7-16(13-20(19)32-2)9-11-24-21(28)10-12-25-22(29)14-27-15-26-18-6-4-3-5-17(18)23(27)30/h3-8,13,15H,9-12,14H2,1-2H3,(H,24,28)(H,25,29). The van der Waals surface area contributed by atoms with Crippen molar-refractivity contribution in [2.24, 2.45) is 0 Å². The Kier molecular flexibility index (Phi) is 7.80. The van der Waals surface area contributed by atoms with Crippen LogP contribution in [0.2, 0.25) is 0 Å². The Balaban J connectivity index is 1.40. The molecule has 0 atom stereocenters. The summed E-state index contributed by atoms with van der Waals surface area (Å²) < 4.78 is 11.7. The van der Waals surface area contributed by atoms with Crippen LogP contribution in [-0.2, 0) is 22.6 Å². The molecule has 0 saturated heterocycles. The first kappa shape index (κ1) is 22.8. The van der Waals surface area contributed by atoms with Gasteiger partial charge in [0.25, 0.3) is 5.56 Å². The van der Waals surface area contributed by atoms with Gasteiger partial charge in [0.05, 0.1) is 31.4 Å². The predicted molar refractivity (Wildman–Crippen MR) is 120 cm³/mol. The molecule has 3 rings (SSSR count). The number of fused-ring (bicyclic) bond motifs is 1. The lowest BCUT2D eigenvalue weighted by Crippen LogP contribution is -2.35. The van der Waals surface area contributed by atoms with Crippen LogP contribution in [0.15, 0.2) is 53.6 Å². The van der Waals surface area contributed by atoms with Gasteiger partial charge in [-0.1, -0.05) is 18.2 Å². The highest BCUT2D eigenvalue weighted by Crippen LogP contribution is 2.27. The van der Waals surface area contributed by atoms with Crippen LogP contribution in [0, 0.1) is 0 Å². The summed E-state index contributed by atoms with van der Waals surface area (Å²) >= 11 is 0. The molecule has 1 aromatic heterocycles. The number of carbonyl (C=O) groups is 2. The van der Waals surface area contributed by atoms with Gasteiger partial charge in [0.1, 0.15) is 6.54 Å². The Hall–Kier alpha value is -3.88. The van der Waals surface area contributed by atoms with Crippen LogP contribution >= 0.6 is 0 Å². The fourth-order valence-corrected chi connectivity index (χ4v) is 3.22. The molecule has 9 heteroatoms. The van der Waals surface area contributed by atoms with Gasteiger partial charge in [-0.2, -0.15) is 0 Å². The molecule has 0 saturated carbocycles. The largest absolute Gasteiger partial charge is 0.493 e. The van der Waals surface area contributed by atoms with E-state index < -0.39 is 0 Å². The van der Waals surface area contributed by atoms with Crippen LogP contribution in [-0.4, -0.2) is 48.7 Å². The van der Waals surface area contributed by atoms with E-state index in [0.29, 0.717) is 35.4 Å². The highest BCUT2D eigenvalue weighted by atomic mass is 16.5. The highest BCUT2D eigenvalue weighted by molar-refractivity contribution is 5.80. The number of hydrogen-bond acceptors (Lipinski definition) is 6. The summed E-state index contributed by atoms with van der Waals surface area (Å²) in [7, 11) is 3.15. The van der Waals surface area contributed by atoms with Crippen LogP contribution in [0.1, 0.15) is 12.0 Å². The molecular formula is C23H26N4O5. The minimum atomic E-state index is -0.359. The van der Waals surface area contributed by atoms with E-state index in [1.165, 1.54) is 10.9 Å². The normalized spacial score (nSPS) is 10.6. The number of carbonyl (C=O) groups excluding carboxylic acids is 2. The molecule has 168 valence electrons. The van der Waals surface area contributed by atoms with Gasteiger partial charge < -0.3 is 20.1 Å². The Morgan fingerprint density at radius 2 is 1.72 bits per heavy atom. The molecule has 0 aliphatic heterocycles. The van der Waals surface area contributed by atoms with Gasteiger partial charge >= 0.3 is 0 Å². The lowest BCUT2D eigenvalue weighted by atomic mass is 10.1. The second kappa shape index (κ2) is 10.9. The van der Waals surface area contributed by atoms with E-state index in [9.17, 15) is 14.4 Å². The minimum Gasteiger partial charge on any atom is -0.493 e. The summed E-state index contributed by atoms with van der Waals surface area (Å²) in [5.41, 5.74) is 1.31. The number of para-hydroxylation sites is 1. The molecule has 0 fully saturated rings. The van der Waals surface area contributed by atoms with Gasteiger partial charge in [-0.05, 0) is 36.2 Å². The van der Waals surface area contributed by atoms with Crippen molar-refractivity contribution in [1.82, 2.24) is 20.2 Å². The number of benzene rings is 2. The van der Waals surface area contributed by atoms with Crippen LogP contribution < -0.4 is 25.7 Å². The maximum Gasteiger partial charge on any atom is 0.261 e. The highest BCUT2D eigenvalue weighted by Gasteiger charge is 2.09. The molecule has 32 heavy (non-hydrogen) atoms. The number of aromatic nitrogens is 2. The molecule has 9 nitrogen and oxygen atoms in total. The van der Waals surface area contributed by atoms with Gasteiger partial charge in [0.2, 0.25) is 11.8 Å². The first-order chi connectivity index (χ1) is 15.5. The first-order valence-corrected chi connectivity index (χ1v) is 10.2. The van der Waals surface area contributed by atoms with E-state index in [1.54, 1.807) is 38.5 Å². The summed E-state index contributed by atoms with van der Waals surface area (Å²) in [5.74, 6) is 0.759. The summed E-state index contributed by atoms with van der Waals surface area (Å²) in [6, 6.07) is 12.6. The van der Waals surface area contributed by atoms with Crippen molar-refractivity contribution in [1.29, 1.82) is 0 Å². The molecule has 2 aromatic carbocycles. The summed E-state index contributed by atoms with van der Waals surface area (Å²) in [5, 5.41) is 5.93. The van der Waals surface area contributed by atoms with E-state index in [-0.39, 0.29) is 36.9 Å². The fourth-order valence-electron chi connectivity index (χ4n) is 3.22. The van der Waals surface area contributed by atoms with Crippen molar-refractivity contribution in [2.75, 3.05) is 27.3 Å². The molecule has 2 N–H and O–H groups in total. The third kappa shape index (κ3) is 5.84. The molecular weight excluding hydrogens is 412 g/mol. The van der Waals surface area contributed by atoms with Crippen LogP contribution in [0.5, 0.6) is 11.5 Å². The van der Waals surface area contributed by atoms with Crippen molar-refractivity contribution in [3.8, 4) is 11.5 Å². The molecule has 2 amide bonds. The lowest BCUT2D eigenvalue weighted by Gasteiger charge is -2.10. The van der Waals surface area contributed by atoms with E-state index >= 15 is 0 Å². The fraction of sp³-hybridized carbons (Fsp3) is 0.304. The molecule has 0 spiro atoms. The molecule has 0 radical (unpaired) electrons. The Labute approximate surface area is 185 Å². The molecule has 1 heterocycles. The number of nitrogens with one attached hydrogen (secondary N) is 2. The predicted octanol–water partition coefficient (Wildman–Crippen LogP) is 1.28. The zero-order valence-corrected chi connectivity index (χ0v) is 18.1. The monoisotopic (exact) mass is 438 g/mol. The summed E-state index contributed by atoms with van der Waals surface area (Å²) in [6.45, 7) is 0.481. The van der Waals surface area contributed by atoms with Gasteiger partial charge in [-0.15, -0.1) is 0 Å². The summed E-state index contributed by atoms with van der Waals surface area (Å²) in [4.78, 5) is 40.8. The quantitative estimate of drug-likeness (QED) is 0.493. The SMILES string of the molecule is COc1ccc(CCNC(=O)CCNC(=O)Cn2cnc3ccccc3c2=O)cc1OC. The minimum absolute atomic E-state index is 0.141. The van der Waals surface area contributed by atoms with Gasteiger partial charge in [0.15, 0.2) is 11.5 Å². The topological polar surface area (TPSA) is 112 Å². The van der Waals surface area contributed by atoms with Crippen molar-refractivity contribution >= 4 is 22.7 Å². The van der Waals surface area contributed by atoms with Crippen LogP contribution in [0.3, 0.4) is 0 Å². The van der Waals surface area contributed by atoms with E-state index in [0.717, 1.165) is 5.56 Å². The Morgan fingerprint density at radius 1 is 0.969 bits per heavy atom. The summed E-state index contributed by atoms with van der Waals surface area (Å²) in [6.07, 6.45) is 2.13. The van der Waals surface area contributed by atoms with Gasteiger partial charge in [-0.3, -0.25) is 19.0 Å². The van der Waals surface area contributed by atoms with E-state index in [2.05, 4.69) is 15.6 Å². The Morgan fingerprint density at radius 3 is 2.50 bits per heavy atom. The number of ether oxygens (including phenoxy) is 2. The number of nitrogens with zero attached hydrogens (tertiary/aromatic N) is 2. The van der Waals surface area contributed by atoms with Crippen molar-refractivity contribution in [3.63, 3.8) is 0 Å². The molecule has 3 aromatic rings. The van der Waals surface area contributed by atoms with E-state index in [1.807, 2.05) is 18.2 Å². The molecule has 0 aliphatic rings. The van der Waals surface area contributed by atoms with Crippen molar-refractivity contribution < 1.29 is 19.1 Å². The zero-order valence-electron chi connectivity index (χ0n) is 18.1. The molecule has 0 aliphatic carbocycles. The third-order valence-electron chi connectivity index (χ3n) is 4.90. The number of methoxy groups -OCH3 is 2. The van der Waals surface area contributed by atoms with Crippen LogP contribution in [0.4, 0.5) is 0 Å². The van der Waals surface area contributed by atoms with Gasteiger partial charge in [-0.25, -0.2) is 4.98 Å². The number of rotatable bonds is 10. The first-order valence-electron chi connectivity index (χ1n) is 10.2. The second-order valence-corrected chi connectivity index (χ2v) is 7.08. The average molecular weight is 438 g/mol. The average Bonchev–Trinajstić information content (AvgIpc) is 2.81. The second-order valence-electron chi connectivity index (χ2n) is 7.08. The smallest absolute Gasteiger partial charge is 0.261 e. The van der Waals surface area contributed by atoms with Crippen molar-refractivity contribution in [3.05, 3.63) is 64.7 Å². The number of hydrogen-bond donors (Lipinski definition) is 2. The maximum absolute atomic E-state index is 12.4. The van der Waals surface area contributed by atoms with Crippen molar-refractivity contribution in [2.45, 2.75) is 19.4 Å². The Bertz CT molecular complexity index is 1160. The zero-order chi connectivity index (χ0) is 22.9. The lowest BCUT2D eigenvalue weighted by molar-refractivity contribution is -0.122. The third-order valence-corrected chi connectivity index (χ3v) is 4.90. The van der Waals surface area contributed by atoms with E-state index in [4.69, 9.17) is 9.47 Å². The van der Waals surface area contributed by atoms with Gasteiger partial charge in [0, 0.05) is 19.5 Å².